The number of nitrogens with two attached hydrogens (primary N) is 1. The number of hydrogen-bond donors (Lipinski definition) is 2. The number of carbonyl (C=O) groups excluding carboxylic acids is 1. The number of nitrogens with zero attached hydrogens (tertiary/aromatic N) is 1. The lowest BCUT2D eigenvalue weighted by Crippen LogP contribution is -2.56. The highest BCUT2D eigenvalue weighted by molar-refractivity contribution is 5.83. The van der Waals surface area contributed by atoms with Gasteiger partial charge in [-0.15, -0.1) is 0 Å². The smallest absolute Gasteiger partial charge is 0.227 e. The first-order valence-corrected chi connectivity index (χ1v) is 6.27. The van der Waals surface area contributed by atoms with Crippen molar-refractivity contribution in [2.75, 3.05) is 20.1 Å². The molecule has 0 aromatic heterocycles. The first-order valence-electron chi connectivity index (χ1n) is 6.27. The van der Waals surface area contributed by atoms with E-state index in [1.54, 1.807) is 0 Å². The van der Waals surface area contributed by atoms with Gasteiger partial charge in [0.25, 0.3) is 0 Å². The van der Waals surface area contributed by atoms with Gasteiger partial charge in [0.2, 0.25) is 5.91 Å². The van der Waals surface area contributed by atoms with E-state index >= 15 is 0 Å². The highest BCUT2D eigenvalue weighted by Gasteiger charge is 2.40. The van der Waals surface area contributed by atoms with Gasteiger partial charge in [-0.3, -0.25) is 4.79 Å². The molecule has 0 rings (SSSR count). The Morgan fingerprint density at radius 3 is 2.12 bits per heavy atom. The molecule has 102 valence electrons. The molecule has 0 saturated heterocycles. The number of likely N-dealkylation sites (N-methyl/N-ethyl adjacent to an activating group) is 1. The van der Waals surface area contributed by atoms with Crippen LogP contribution in [0.25, 0.3) is 0 Å². The zero-order valence-electron chi connectivity index (χ0n) is 12.4. The molecular weight excluding hydrogens is 214 g/mol. The molecule has 0 aliphatic rings. The van der Waals surface area contributed by atoms with Crippen molar-refractivity contribution in [2.45, 2.75) is 53.1 Å². The Morgan fingerprint density at radius 2 is 1.76 bits per heavy atom. The summed E-state index contributed by atoms with van der Waals surface area (Å²) in [6, 6.07) is 0.492. The van der Waals surface area contributed by atoms with Crippen molar-refractivity contribution >= 4 is 5.91 Å². The second-order valence-corrected chi connectivity index (χ2v) is 6.18. The van der Waals surface area contributed by atoms with Gasteiger partial charge in [0.1, 0.15) is 0 Å². The van der Waals surface area contributed by atoms with Gasteiger partial charge >= 0.3 is 0 Å². The molecule has 17 heavy (non-hydrogen) atoms. The van der Waals surface area contributed by atoms with Gasteiger partial charge in [-0.05, 0) is 48.6 Å². The van der Waals surface area contributed by atoms with Crippen molar-refractivity contribution < 1.29 is 4.79 Å². The fraction of sp³-hybridized carbons (Fsp3) is 0.923. The highest BCUT2D eigenvalue weighted by Crippen LogP contribution is 2.28. The fourth-order valence-corrected chi connectivity index (χ4v) is 1.12. The molecule has 4 heteroatoms. The maximum Gasteiger partial charge on any atom is 0.227 e. The van der Waals surface area contributed by atoms with Crippen LogP contribution in [0, 0.1) is 5.41 Å². The molecule has 0 bridgehead atoms. The average molecular weight is 243 g/mol. The van der Waals surface area contributed by atoms with E-state index in [1.165, 1.54) is 0 Å². The van der Waals surface area contributed by atoms with Crippen LogP contribution < -0.4 is 11.1 Å². The number of rotatable bonds is 6. The summed E-state index contributed by atoms with van der Waals surface area (Å²) in [6.45, 7) is 13.3. The molecule has 0 aliphatic carbocycles. The van der Waals surface area contributed by atoms with Crippen LogP contribution in [0.1, 0.15) is 41.5 Å². The standard InChI is InChI=1S/C13H29N3O/c1-10(2)16(7)9-8-15-11(17)12(3,4)13(5,6)14/h10H,8-9,14H2,1-7H3,(H,15,17). The molecule has 0 heterocycles. The van der Waals surface area contributed by atoms with Gasteiger partial charge in [0, 0.05) is 24.7 Å². The summed E-state index contributed by atoms with van der Waals surface area (Å²) in [6.07, 6.45) is 0. The molecule has 0 fully saturated rings. The lowest BCUT2D eigenvalue weighted by Gasteiger charge is -2.37. The molecule has 1 amide bonds. The minimum Gasteiger partial charge on any atom is -0.354 e. The Kier molecular flexibility index (Phi) is 5.62. The van der Waals surface area contributed by atoms with E-state index in [0.717, 1.165) is 6.54 Å². The van der Waals surface area contributed by atoms with Gasteiger partial charge in [-0.25, -0.2) is 0 Å². The second-order valence-electron chi connectivity index (χ2n) is 6.18. The third-order valence-electron chi connectivity index (χ3n) is 3.81. The highest BCUT2D eigenvalue weighted by atomic mass is 16.2. The lowest BCUT2D eigenvalue weighted by molar-refractivity contribution is -0.132. The Labute approximate surface area is 106 Å². The molecule has 0 aliphatic heterocycles. The predicted octanol–water partition coefficient (Wildman–Crippen LogP) is 1.21. The number of carbonyl (C=O) groups is 1. The molecule has 4 nitrogen and oxygen atoms in total. The van der Waals surface area contributed by atoms with Crippen molar-refractivity contribution in [3.8, 4) is 0 Å². The first kappa shape index (κ1) is 16.4. The maximum atomic E-state index is 12.1. The van der Waals surface area contributed by atoms with E-state index in [4.69, 9.17) is 5.73 Å². The van der Waals surface area contributed by atoms with Crippen LogP contribution in [-0.4, -0.2) is 42.5 Å². The zero-order chi connectivity index (χ0) is 13.9. The molecule has 0 aromatic carbocycles. The molecule has 3 N–H and O–H groups in total. The van der Waals surface area contributed by atoms with Crippen LogP contribution in [0.4, 0.5) is 0 Å². The molecule has 0 atom stereocenters. The summed E-state index contributed by atoms with van der Waals surface area (Å²) in [5, 5.41) is 2.95. The van der Waals surface area contributed by atoms with Gasteiger partial charge in [-0.1, -0.05) is 0 Å². The van der Waals surface area contributed by atoms with Gasteiger partial charge < -0.3 is 16.0 Å². The SMILES string of the molecule is CC(C)N(C)CCNC(=O)C(C)(C)C(C)(C)N. The van der Waals surface area contributed by atoms with E-state index in [-0.39, 0.29) is 5.91 Å². The summed E-state index contributed by atoms with van der Waals surface area (Å²) in [4.78, 5) is 14.2. The van der Waals surface area contributed by atoms with E-state index in [9.17, 15) is 4.79 Å². The van der Waals surface area contributed by atoms with E-state index in [1.807, 2.05) is 27.7 Å². The second kappa shape index (κ2) is 5.83. The first-order chi connectivity index (χ1) is 7.50. The molecule has 0 radical (unpaired) electrons. The zero-order valence-corrected chi connectivity index (χ0v) is 12.4. The lowest BCUT2D eigenvalue weighted by atomic mass is 9.74. The van der Waals surface area contributed by atoms with E-state index in [2.05, 4.69) is 31.1 Å². The Bertz CT molecular complexity index is 254. The van der Waals surface area contributed by atoms with Crippen LogP contribution >= 0.6 is 0 Å². The van der Waals surface area contributed by atoms with Crippen molar-refractivity contribution in [1.82, 2.24) is 10.2 Å². The Morgan fingerprint density at radius 1 is 1.29 bits per heavy atom. The summed E-state index contributed by atoms with van der Waals surface area (Å²) >= 11 is 0. The molecule has 0 saturated carbocycles. The topological polar surface area (TPSA) is 58.4 Å². The Balaban J connectivity index is 4.21. The average Bonchev–Trinajstić information content (AvgIpc) is 2.15. The predicted molar refractivity (Wildman–Crippen MR) is 72.8 cm³/mol. The van der Waals surface area contributed by atoms with Gasteiger partial charge in [0.15, 0.2) is 0 Å². The summed E-state index contributed by atoms with van der Waals surface area (Å²) in [5.41, 5.74) is 4.93. The summed E-state index contributed by atoms with van der Waals surface area (Å²) in [7, 11) is 2.05. The molecule has 0 aromatic rings. The molecule has 0 unspecified atom stereocenters. The largest absolute Gasteiger partial charge is 0.354 e. The van der Waals surface area contributed by atoms with Crippen LogP contribution in [0.3, 0.4) is 0 Å². The van der Waals surface area contributed by atoms with Gasteiger partial charge in [-0.2, -0.15) is 0 Å². The minimum absolute atomic E-state index is 0.0159. The van der Waals surface area contributed by atoms with Crippen LogP contribution in [0.5, 0.6) is 0 Å². The third-order valence-corrected chi connectivity index (χ3v) is 3.81. The Hall–Kier alpha value is -0.610. The summed E-state index contributed by atoms with van der Waals surface area (Å²) in [5.74, 6) is 0.0159. The molecular formula is C13H29N3O. The fourth-order valence-electron chi connectivity index (χ4n) is 1.12. The van der Waals surface area contributed by atoms with Crippen LogP contribution in [0.2, 0.25) is 0 Å². The molecule has 0 spiro atoms. The normalized spacial score (nSPS) is 13.3. The quantitative estimate of drug-likeness (QED) is 0.737. The maximum absolute atomic E-state index is 12.1. The van der Waals surface area contributed by atoms with E-state index < -0.39 is 11.0 Å². The summed E-state index contributed by atoms with van der Waals surface area (Å²) < 4.78 is 0. The van der Waals surface area contributed by atoms with Gasteiger partial charge in [0.05, 0.1) is 5.41 Å². The minimum atomic E-state index is -0.566. The number of amides is 1. The number of nitrogens with one attached hydrogen (secondary N) is 1. The monoisotopic (exact) mass is 243 g/mol. The van der Waals surface area contributed by atoms with Crippen molar-refractivity contribution in [3.05, 3.63) is 0 Å². The van der Waals surface area contributed by atoms with E-state index in [0.29, 0.717) is 12.6 Å². The number of hydrogen-bond acceptors (Lipinski definition) is 3. The van der Waals surface area contributed by atoms with Crippen LogP contribution in [-0.2, 0) is 4.79 Å². The van der Waals surface area contributed by atoms with Crippen molar-refractivity contribution in [2.24, 2.45) is 11.1 Å². The van der Waals surface area contributed by atoms with Crippen molar-refractivity contribution in [1.29, 1.82) is 0 Å². The van der Waals surface area contributed by atoms with Crippen LogP contribution in [0.15, 0.2) is 0 Å². The third kappa shape index (κ3) is 4.64. The van der Waals surface area contributed by atoms with Crippen molar-refractivity contribution in [3.63, 3.8) is 0 Å².